The van der Waals surface area contributed by atoms with Gasteiger partial charge < -0.3 is 20.3 Å². The van der Waals surface area contributed by atoms with Crippen molar-refractivity contribution in [3.05, 3.63) is 84.3 Å². The Bertz CT molecular complexity index is 1530. The van der Waals surface area contributed by atoms with E-state index in [2.05, 4.69) is 22.2 Å². The number of ether oxygens (including phenoxy) is 1. The van der Waals surface area contributed by atoms with Crippen molar-refractivity contribution >= 4 is 41.0 Å². The summed E-state index contributed by atoms with van der Waals surface area (Å²) in [5.74, 6) is -0.152. The third-order valence-electron chi connectivity index (χ3n) is 7.45. The summed E-state index contributed by atoms with van der Waals surface area (Å²) in [5, 5.41) is 5.93. The average molecular weight is 574 g/mol. The molecular formula is C30H28FN5O4S. The second kappa shape index (κ2) is 10.9. The molecule has 0 aliphatic carbocycles. The first-order valence-corrected chi connectivity index (χ1v) is 14.2. The Hall–Kier alpha value is -4.38. The molecule has 4 heterocycles. The van der Waals surface area contributed by atoms with Crippen LogP contribution in [-0.4, -0.2) is 52.1 Å². The minimum absolute atomic E-state index is 0.0989. The second-order valence-electron chi connectivity index (χ2n) is 10.2. The number of carbonyl (C=O) groups is 3. The number of thioether (sulfide) groups is 1. The van der Waals surface area contributed by atoms with E-state index >= 15 is 4.39 Å². The average Bonchev–Trinajstić information content (AvgIpc) is 3.34. The fraction of sp³-hybridized carbons (Fsp3) is 0.267. The molecule has 2 N–H and O–H groups in total. The molecule has 9 nitrogen and oxygen atoms in total. The van der Waals surface area contributed by atoms with Gasteiger partial charge in [-0.15, -0.1) is 0 Å². The van der Waals surface area contributed by atoms with Gasteiger partial charge in [-0.1, -0.05) is 36.5 Å². The second-order valence-corrected chi connectivity index (χ2v) is 11.3. The molecule has 3 atom stereocenters. The van der Waals surface area contributed by atoms with Crippen molar-refractivity contribution in [3.8, 4) is 11.5 Å². The number of aryl methyl sites for hydroxylation is 1. The predicted molar refractivity (Wildman–Crippen MR) is 153 cm³/mol. The molecule has 0 saturated carbocycles. The van der Waals surface area contributed by atoms with Gasteiger partial charge in [-0.2, -0.15) is 0 Å². The molecule has 1 saturated heterocycles. The van der Waals surface area contributed by atoms with Gasteiger partial charge in [0.15, 0.2) is 5.82 Å². The van der Waals surface area contributed by atoms with E-state index in [1.54, 1.807) is 42.3 Å². The lowest BCUT2D eigenvalue weighted by Crippen LogP contribution is -2.53. The highest BCUT2D eigenvalue weighted by Crippen LogP contribution is 2.51. The molecule has 210 valence electrons. The minimum atomic E-state index is -0.664. The fourth-order valence-electron chi connectivity index (χ4n) is 5.63. The first kappa shape index (κ1) is 26.8. The van der Waals surface area contributed by atoms with Crippen molar-refractivity contribution in [2.75, 3.05) is 18.0 Å². The summed E-state index contributed by atoms with van der Waals surface area (Å²) in [7, 11) is 0. The van der Waals surface area contributed by atoms with E-state index in [0.717, 1.165) is 12.8 Å². The fourth-order valence-corrected chi connectivity index (χ4v) is 6.86. The zero-order valence-electron chi connectivity index (χ0n) is 22.3. The van der Waals surface area contributed by atoms with E-state index in [0.29, 0.717) is 46.4 Å². The number of nitrogens with one attached hydrogen (secondary N) is 2. The predicted octanol–water partition coefficient (Wildman–Crippen LogP) is 4.99. The number of piperidine rings is 1. The normalized spacial score (nSPS) is 21.1. The standard InChI is InChI=1S/C30H28FN5O4S/c1-3-23(37)35-13-7-8-18(16-35)33-28(38)27-25-24-22(11-12-32-29(24)41-27)36(30(39)34-25)26-17(2)14-20(15-21(26)31)40-19-9-5-4-6-10-19/h3-6,9-12,14-15,18,25,27H,1,7-8,13,16H2,2H3,(H,33,38)(H,34,39)/t18-,25?,27?/m1/s1. The molecule has 3 aromatic rings. The van der Waals surface area contributed by atoms with E-state index in [4.69, 9.17) is 4.74 Å². The highest BCUT2D eigenvalue weighted by atomic mass is 32.2. The SMILES string of the molecule is C=CC(=O)N1CCC[C@@H](NC(=O)C2Sc3nccc4c3C2NC(=O)N4c2c(C)cc(Oc3ccccc3)cc2F)C1. The molecule has 41 heavy (non-hydrogen) atoms. The molecule has 6 rings (SSSR count). The van der Waals surface area contributed by atoms with Gasteiger partial charge >= 0.3 is 6.03 Å². The van der Waals surface area contributed by atoms with Crippen LogP contribution >= 0.6 is 11.8 Å². The van der Waals surface area contributed by atoms with Crippen LogP contribution in [0.5, 0.6) is 11.5 Å². The van der Waals surface area contributed by atoms with E-state index < -0.39 is 23.1 Å². The summed E-state index contributed by atoms with van der Waals surface area (Å²) >= 11 is 1.27. The van der Waals surface area contributed by atoms with Gasteiger partial charge in [0.1, 0.15) is 21.8 Å². The maximum Gasteiger partial charge on any atom is 0.327 e. The van der Waals surface area contributed by atoms with Crippen LogP contribution in [0.2, 0.25) is 0 Å². The van der Waals surface area contributed by atoms with Gasteiger partial charge in [0.05, 0.1) is 17.4 Å². The number of hydrogen-bond acceptors (Lipinski definition) is 6. The first-order valence-electron chi connectivity index (χ1n) is 13.3. The lowest BCUT2D eigenvalue weighted by atomic mass is 9.98. The first-order chi connectivity index (χ1) is 19.8. The van der Waals surface area contributed by atoms with Crippen LogP contribution in [0.4, 0.5) is 20.6 Å². The van der Waals surface area contributed by atoms with Crippen molar-refractivity contribution in [1.82, 2.24) is 20.5 Å². The van der Waals surface area contributed by atoms with Crippen LogP contribution in [0.1, 0.15) is 30.0 Å². The van der Waals surface area contributed by atoms with E-state index in [9.17, 15) is 14.4 Å². The minimum Gasteiger partial charge on any atom is -0.457 e. The quantitative estimate of drug-likeness (QED) is 0.403. The summed E-state index contributed by atoms with van der Waals surface area (Å²) in [6, 6.07) is 12.3. The number of urea groups is 1. The van der Waals surface area contributed by atoms with Crippen LogP contribution in [-0.2, 0) is 9.59 Å². The van der Waals surface area contributed by atoms with Crippen molar-refractivity contribution in [1.29, 1.82) is 0 Å². The Balaban J connectivity index is 1.25. The molecular weight excluding hydrogens is 545 g/mol. The third-order valence-corrected chi connectivity index (χ3v) is 8.74. The molecule has 0 spiro atoms. The van der Waals surface area contributed by atoms with Gasteiger partial charge in [-0.25, -0.2) is 14.2 Å². The topological polar surface area (TPSA) is 104 Å². The van der Waals surface area contributed by atoms with E-state index in [-0.39, 0.29) is 23.5 Å². The number of amides is 4. The number of likely N-dealkylation sites (tertiary alicyclic amines) is 1. The number of benzene rings is 2. The Kier molecular flexibility index (Phi) is 7.12. The van der Waals surface area contributed by atoms with Crippen molar-refractivity contribution < 1.29 is 23.5 Å². The molecule has 0 bridgehead atoms. The number of pyridine rings is 1. The number of hydrogen-bond donors (Lipinski definition) is 2. The monoisotopic (exact) mass is 573 g/mol. The van der Waals surface area contributed by atoms with Crippen LogP contribution in [0.15, 0.2) is 72.4 Å². The van der Waals surface area contributed by atoms with Crippen molar-refractivity contribution in [2.45, 2.75) is 42.1 Å². The van der Waals surface area contributed by atoms with Gasteiger partial charge in [0, 0.05) is 37.0 Å². The summed E-state index contributed by atoms with van der Waals surface area (Å²) < 4.78 is 21.4. The molecule has 0 radical (unpaired) electrons. The van der Waals surface area contributed by atoms with Crippen LogP contribution in [0.3, 0.4) is 0 Å². The van der Waals surface area contributed by atoms with Gasteiger partial charge in [-0.05, 0) is 55.7 Å². The number of halogens is 1. The zero-order valence-corrected chi connectivity index (χ0v) is 23.1. The van der Waals surface area contributed by atoms with Crippen molar-refractivity contribution in [3.63, 3.8) is 0 Å². The highest BCUT2D eigenvalue weighted by molar-refractivity contribution is 8.01. The molecule has 2 aromatic carbocycles. The van der Waals surface area contributed by atoms with Crippen LogP contribution < -0.4 is 20.3 Å². The largest absolute Gasteiger partial charge is 0.457 e. The van der Waals surface area contributed by atoms with Crippen LogP contribution in [0, 0.1) is 12.7 Å². The third kappa shape index (κ3) is 5.01. The number of anilines is 2. The Labute approximate surface area is 240 Å². The number of rotatable bonds is 6. The molecule has 1 fully saturated rings. The number of carbonyl (C=O) groups excluding carboxylic acids is 3. The molecule has 11 heteroatoms. The Morgan fingerprint density at radius 3 is 2.78 bits per heavy atom. The van der Waals surface area contributed by atoms with E-state index in [1.165, 1.54) is 28.8 Å². The summed E-state index contributed by atoms with van der Waals surface area (Å²) in [5.41, 5.74) is 1.76. The summed E-state index contributed by atoms with van der Waals surface area (Å²) in [6.07, 6.45) is 4.35. The maximum absolute atomic E-state index is 15.6. The molecule has 4 amide bonds. The van der Waals surface area contributed by atoms with Crippen molar-refractivity contribution in [2.24, 2.45) is 0 Å². The Morgan fingerprint density at radius 1 is 1.22 bits per heavy atom. The Morgan fingerprint density at radius 2 is 2.02 bits per heavy atom. The van der Waals surface area contributed by atoms with Gasteiger partial charge in [0.25, 0.3) is 0 Å². The molecule has 1 aromatic heterocycles. The number of para-hydroxylation sites is 1. The smallest absolute Gasteiger partial charge is 0.327 e. The van der Waals surface area contributed by atoms with E-state index in [1.807, 2.05) is 18.2 Å². The number of nitrogens with zero attached hydrogens (tertiary/aromatic N) is 3. The maximum atomic E-state index is 15.6. The van der Waals surface area contributed by atoms with Crippen LogP contribution in [0.25, 0.3) is 0 Å². The summed E-state index contributed by atoms with van der Waals surface area (Å²) in [4.78, 5) is 46.5. The molecule has 3 aliphatic rings. The number of aromatic nitrogens is 1. The zero-order chi connectivity index (χ0) is 28.7. The summed E-state index contributed by atoms with van der Waals surface area (Å²) in [6.45, 7) is 6.29. The lowest BCUT2D eigenvalue weighted by Gasteiger charge is -2.36. The van der Waals surface area contributed by atoms with Gasteiger partial charge in [0.2, 0.25) is 11.8 Å². The van der Waals surface area contributed by atoms with Gasteiger partial charge in [-0.3, -0.25) is 14.5 Å². The highest BCUT2D eigenvalue weighted by Gasteiger charge is 2.47. The lowest BCUT2D eigenvalue weighted by molar-refractivity contribution is -0.129. The molecule has 2 unspecified atom stereocenters. The molecule has 3 aliphatic heterocycles.